The summed E-state index contributed by atoms with van der Waals surface area (Å²) in [5, 5.41) is 9.25. The normalized spacial score (nSPS) is 14.5. The molecule has 4 heteroatoms. The van der Waals surface area contributed by atoms with E-state index in [4.69, 9.17) is 9.47 Å². The molecule has 0 spiro atoms. The molecule has 1 N–H and O–H groups in total. The number of aliphatic carboxylic acids is 1. The van der Waals surface area contributed by atoms with Crippen molar-refractivity contribution < 1.29 is 19.4 Å². The van der Waals surface area contributed by atoms with Crippen LogP contribution in [0.15, 0.2) is 0 Å². The smallest absolute Gasteiger partial charge is 0.333 e. The monoisotopic (exact) mass is 232 g/mol. The summed E-state index contributed by atoms with van der Waals surface area (Å²) < 4.78 is 10.4. The Hall–Kier alpha value is -0.610. The van der Waals surface area contributed by atoms with Crippen molar-refractivity contribution in [1.82, 2.24) is 0 Å². The third kappa shape index (κ3) is 2.74. The lowest BCUT2D eigenvalue weighted by molar-refractivity contribution is -0.171. The zero-order valence-electron chi connectivity index (χ0n) is 11.1. The molecule has 4 nitrogen and oxygen atoms in total. The predicted molar refractivity (Wildman–Crippen MR) is 62.4 cm³/mol. The largest absolute Gasteiger partial charge is 0.479 e. The van der Waals surface area contributed by atoms with Gasteiger partial charge in [-0.3, -0.25) is 0 Å². The number of hydrogen-bond acceptors (Lipinski definition) is 3. The fourth-order valence-corrected chi connectivity index (χ4v) is 2.48. The summed E-state index contributed by atoms with van der Waals surface area (Å²) in [6, 6.07) is 0. The van der Waals surface area contributed by atoms with Crippen molar-refractivity contribution in [2.45, 2.75) is 33.8 Å². The van der Waals surface area contributed by atoms with Gasteiger partial charge in [0, 0.05) is 19.6 Å². The fourth-order valence-electron chi connectivity index (χ4n) is 2.48. The third-order valence-corrected chi connectivity index (χ3v) is 3.49. The van der Waals surface area contributed by atoms with Gasteiger partial charge in [0.15, 0.2) is 6.10 Å². The van der Waals surface area contributed by atoms with Gasteiger partial charge in [-0.15, -0.1) is 0 Å². The molecule has 0 amide bonds. The van der Waals surface area contributed by atoms with Crippen LogP contribution in [0.2, 0.25) is 0 Å². The second-order valence-corrected chi connectivity index (χ2v) is 4.81. The Morgan fingerprint density at radius 2 is 1.62 bits per heavy atom. The molecular weight excluding hydrogens is 208 g/mol. The molecule has 96 valence electrons. The van der Waals surface area contributed by atoms with Crippen LogP contribution >= 0.6 is 0 Å². The molecule has 1 atom stereocenters. The van der Waals surface area contributed by atoms with Gasteiger partial charge >= 0.3 is 5.97 Å². The first kappa shape index (κ1) is 15.4. The van der Waals surface area contributed by atoms with Crippen LogP contribution in [-0.4, -0.2) is 38.0 Å². The van der Waals surface area contributed by atoms with Crippen LogP contribution in [0.4, 0.5) is 0 Å². The van der Waals surface area contributed by atoms with E-state index in [0.717, 1.165) is 0 Å². The standard InChI is InChI=1S/C12H24O4/c1-8(2)12(7-15-5,9(3)4)10(16-6)11(13)14/h8-10H,7H2,1-6H3,(H,13,14). The molecule has 0 aromatic heterocycles. The number of hydrogen-bond donors (Lipinski definition) is 1. The number of ether oxygens (including phenoxy) is 2. The molecule has 1 unspecified atom stereocenters. The Morgan fingerprint density at radius 1 is 1.19 bits per heavy atom. The molecule has 0 aromatic rings. The van der Waals surface area contributed by atoms with Crippen LogP contribution in [-0.2, 0) is 14.3 Å². The Labute approximate surface area is 97.9 Å². The number of methoxy groups -OCH3 is 2. The SMILES string of the molecule is COCC(C(C)C)(C(C)C)C(OC)C(=O)O. The second-order valence-electron chi connectivity index (χ2n) is 4.81. The van der Waals surface area contributed by atoms with Gasteiger partial charge in [0.1, 0.15) is 0 Å². The highest BCUT2D eigenvalue weighted by Gasteiger charge is 2.48. The van der Waals surface area contributed by atoms with Gasteiger partial charge in [0.05, 0.1) is 6.61 Å². The highest BCUT2D eigenvalue weighted by atomic mass is 16.5. The van der Waals surface area contributed by atoms with Gasteiger partial charge < -0.3 is 14.6 Å². The first-order chi connectivity index (χ1) is 7.34. The molecule has 0 rings (SSSR count). The van der Waals surface area contributed by atoms with Crippen molar-refractivity contribution in [2.24, 2.45) is 17.3 Å². The number of carboxylic acids is 1. The molecule has 0 radical (unpaired) electrons. The van der Waals surface area contributed by atoms with Crippen molar-refractivity contribution in [1.29, 1.82) is 0 Å². The summed E-state index contributed by atoms with van der Waals surface area (Å²) in [5.41, 5.74) is -0.505. The summed E-state index contributed by atoms with van der Waals surface area (Å²) in [6.07, 6.45) is -0.840. The summed E-state index contributed by atoms with van der Waals surface area (Å²) in [7, 11) is 3.03. The van der Waals surface area contributed by atoms with Crippen molar-refractivity contribution >= 4 is 5.97 Å². The Morgan fingerprint density at radius 3 is 1.81 bits per heavy atom. The van der Waals surface area contributed by atoms with Crippen LogP contribution in [0, 0.1) is 17.3 Å². The highest BCUT2D eigenvalue weighted by Crippen LogP contribution is 2.41. The quantitative estimate of drug-likeness (QED) is 0.729. The molecule has 0 heterocycles. The van der Waals surface area contributed by atoms with E-state index in [0.29, 0.717) is 6.61 Å². The Balaban J connectivity index is 5.38. The first-order valence-corrected chi connectivity index (χ1v) is 5.59. The minimum atomic E-state index is -0.929. The zero-order valence-corrected chi connectivity index (χ0v) is 11.1. The molecule has 0 saturated carbocycles. The topological polar surface area (TPSA) is 55.8 Å². The average molecular weight is 232 g/mol. The molecule has 0 aliphatic rings. The van der Waals surface area contributed by atoms with Gasteiger partial charge in [-0.25, -0.2) is 4.79 Å². The summed E-state index contributed by atoms with van der Waals surface area (Å²) >= 11 is 0. The molecule has 0 saturated heterocycles. The number of rotatable bonds is 7. The summed E-state index contributed by atoms with van der Waals surface area (Å²) in [6.45, 7) is 8.41. The van der Waals surface area contributed by atoms with Gasteiger partial charge in [-0.05, 0) is 11.8 Å². The van der Waals surface area contributed by atoms with E-state index < -0.39 is 17.5 Å². The molecule has 16 heavy (non-hydrogen) atoms. The van der Waals surface area contributed by atoms with Crippen molar-refractivity contribution in [3.8, 4) is 0 Å². The minimum absolute atomic E-state index is 0.161. The van der Waals surface area contributed by atoms with Gasteiger partial charge in [-0.2, -0.15) is 0 Å². The van der Waals surface area contributed by atoms with Crippen LogP contribution < -0.4 is 0 Å². The van der Waals surface area contributed by atoms with E-state index >= 15 is 0 Å². The van der Waals surface area contributed by atoms with E-state index in [1.54, 1.807) is 7.11 Å². The maximum atomic E-state index is 11.3. The lowest BCUT2D eigenvalue weighted by Gasteiger charge is -2.44. The first-order valence-electron chi connectivity index (χ1n) is 5.59. The van der Waals surface area contributed by atoms with Crippen molar-refractivity contribution in [3.05, 3.63) is 0 Å². The molecule has 0 aliphatic carbocycles. The third-order valence-electron chi connectivity index (χ3n) is 3.49. The van der Waals surface area contributed by atoms with E-state index in [1.807, 2.05) is 27.7 Å². The molecule has 0 aliphatic heterocycles. The second kappa shape index (κ2) is 6.21. The fraction of sp³-hybridized carbons (Fsp3) is 0.917. The van der Waals surface area contributed by atoms with Gasteiger partial charge in [-0.1, -0.05) is 27.7 Å². The van der Waals surface area contributed by atoms with Crippen molar-refractivity contribution in [3.63, 3.8) is 0 Å². The zero-order chi connectivity index (χ0) is 12.9. The lowest BCUT2D eigenvalue weighted by Crippen LogP contribution is -2.52. The predicted octanol–water partition coefficient (Wildman–Crippen LogP) is 2.03. The number of carboxylic acid groups (broad SMARTS) is 1. The highest BCUT2D eigenvalue weighted by molar-refractivity contribution is 5.73. The summed E-state index contributed by atoms with van der Waals surface area (Å²) in [4.78, 5) is 11.3. The minimum Gasteiger partial charge on any atom is -0.479 e. The number of carbonyl (C=O) groups is 1. The van der Waals surface area contributed by atoms with Gasteiger partial charge in [0.2, 0.25) is 0 Å². The molecule has 0 bridgehead atoms. The Bertz CT molecular complexity index is 215. The van der Waals surface area contributed by atoms with Crippen LogP contribution in [0.25, 0.3) is 0 Å². The lowest BCUT2D eigenvalue weighted by atomic mass is 9.65. The van der Waals surface area contributed by atoms with Crippen LogP contribution in [0.5, 0.6) is 0 Å². The molecule has 0 aromatic carbocycles. The summed E-state index contributed by atoms with van der Waals surface area (Å²) in [5.74, 6) is -0.607. The maximum Gasteiger partial charge on any atom is 0.333 e. The van der Waals surface area contributed by atoms with Crippen LogP contribution in [0.3, 0.4) is 0 Å². The van der Waals surface area contributed by atoms with E-state index in [2.05, 4.69) is 0 Å². The average Bonchev–Trinajstić information content (AvgIpc) is 2.15. The van der Waals surface area contributed by atoms with Crippen LogP contribution in [0.1, 0.15) is 27.7 Å². The molecular formula is C12H24O4. The maximum absolute atomic E-state index is 11.3. The Kier molecular flexibility index (Phi) is 5.97. The van der Waals surface area contributed by atoms with Crippen molar-refractivity contribution in [2.75, 3.05) is 20.8 Å². The van der Waals surface area contributed by atoms with E-state index in [9.17, 15) is 9.90 Å². The van der Waals surface area contributed by atoms with E-state index in [1.165, 1.54) is 7.11 Å². The van der Waals surface area contributed by atoms with Gasteiger partial charge in [0.25, 0.3) is 0 Å². The van der Waals surface area contributed by atoms with E-state index in [-0.39, 0.29) is 11.8 Å². The molecule has 0 fully saturated rings.